The molecule has 3 aromatic carbocycles. The fourth-order valence-electron chi connectivity index (χ4n) is 4.97. The monoisotopic (exact) mass is 575 g/mol. The van der Waals surface area contributed by atoms with Gasteiger partial charge in [-0.25, -0.2) is 5.43 Å². The molecule has 0 saturated heterocycles. The third-order valence-corrected chi connectivity index (χ3v) is 7.74. The zero-order valence-corrected chi connectivity index (χ0v) is 24.1. The molecule has 0 spiro atoms. The van der Waals surface area contributed by atoms with Crippen LogP contribution in [0.3, 0.4) is 0 Å². The number of hydrogen-bond acceptors (Lipinski definition) is 7. The summed E-state index contributed by atoms with van der Waals surface area (Å²) >= 11 is 1.28. The van der Waals surface area contributed by atoms with Gasteiger partial charge in [0.15, 0.2) is 11.0 Å². The molecule has 0 aliphatic rings. The standard InChI is InChI=1S/C32H29N7O2S/c1-3-38-28-10-6-5-9-26(28)27-18-22(11-16-29(27)38)19-34-35-30(40)21-42-32-37-36-31(23-8-7-17-33-20-23)39(32)24-12-14-25(15-13-24)41-4-2/h5-20H,3-4,21H2,1-2H3,(H,35,40). The Bertz CT molecular complexity index is 1880. The lowest BCUT2D eigenvalue weighted by molar-refractivity contribution is -0.118. The van der Waals surface area contributed by atoms with Crippen LogP contribution in [0, 0.1) is 0 Å². The van der Waals surface area contributed by atoms with E-state index in [4.69, 9.17) is 4.74 Å². The highest BCUT2D eigenvalue weighted by molar-refractivity contribution is 7.99. The predicted molar refractivity (Wildman–Crippen MR) is 167 cm³/mol. The summed E-state index contributed by atoms with van der Waals surface area (Å²) in [7, 11) is 0. The van der Waals surface area contributed by atoms with Crippen molar-refractivity contribution >= 4 is 45.7 Å². The number of thioether (sulfide) groups is 1. The van der Waals surface area contributed by atoms with Crippen molar-refractivity contribution in [2.75, 3.05) is 12.4 Å². The minimum atomic E-state index is -0.246. The lowest BCUT2D eigenvalue weighted by atomic mass is 10.1. The Morgan fingerprint density at radius 1 is 0.976 bits per heavy atom. The van der Waals surface area contributed by atoms with Gasteiger partial charge in [0.25, 0.3) is 5.91 Å². The Morgan fingerprint density at radius 2 is 1.81 bits per heavy atom. The van der Waals surface area contributed by atoms with Gasteiger partial charge < -0.3 is 9.30 Å². The van der Waals surface area contributed by atoms with Gasteiger partial charge in [-0.1, -0.05) is 36.0 Å². The molecule has 6 aromatic rings. The SMILES string of the molecule is CCOc1ccc(-n2c(SCC(=O)NN=Cc3ccc4c(c3)c3ccccc3n4CC)nnc2-c2cccnc2)cc1. The van der Waals surface area contributed by atoms with Gasteiger partial charge in [0.1, 0.15) is 5.75 Å². The summed E-state index contributed by atoms with van der Waals surface area (Å²) < 4.78 is 9.81. The van der Waals surface area contributed by atoms with Crippen LogP contribution in [-0.2, 0) is 11.3 Å². The van der Waals surface area contributed by atoms with E-state index in [1.54, 1.807) is 18.6 Å². The van der Waals surface area contributed by atoms with Crippen LogP contribution in [0.1, 0.15) is 19.4 Å². The first-order valence-electron chi connectivity index (χ1n) is 13.7. The average molecular weight is 576 g/mol. The van der Waals surface area contributed by atoms with Gasteiger partial charge in [-0.2, -0.15) is 5.10 Å². The fraction of sp³-hybridized carbons (Fsp3) is 0.156. The van der Waals surface area contributed by atoms with Crippen LogP contribution in [0.15, 0.2) is 102 Å². The van der Waals surface area contributed by atoms with Crippen LogP contribution in [0.5, 0.6) is 5.75 Å². The largest absolute Gasteiger partial charge is 0.494 e. The summed E-state index contributed by atoms with van der Waals surface area (Å²) in [5.74, 6) is 1.28. The van der Waals surface area contributed by atoms with Crippen molar-refractivity contribution in [2.45, 2.75) is 25.5 Å². The number of aryl methyl sites for hydroxylation is 1. The van der Waals surface area contributed by atoms with E-state index in [0.29, 0.717) is 17.6 Å². The number of pyridine rings is 1. The summed E-state index contributed by atoms with van der Waals surface area (Å²) in [6.45, 7) is 5.57. The van der Waals surface area contributed by atoms with Gasteiger partial charge >= 0.3 is 0 Å². The molecule has 0 radical (unpaired) electrons. The Labute approximate surface area is 247 Å². The first-order valence-corrected chi connectivity index (χ1v) is 14.7. The number of nitrogens with zero attached hydrogens (tertiary/aromatic N) is 6. The zero-order chi connectivity index (χ0) is 28.9. The van der Waals surface area contributed by atoms with E-state index in [1.807, 2.05) is 54.0 Å². The number of amides is 1. The average Bonchev–Trinajstić information content (AvgIpc) is 3.60. The lowest BCUT2D eigenvalue weighted by Gasteiger charge is -2.11. The number of ether oxygens (including phenoxy) is 1. The maximum atomic E-state index is 12.7. The number of nitrogens with one attached hydrogen (secondary N) is 1. The highest BCUT2D eigenvalue weighted by Gasteiger charge is 2.18. The second-order valence-electron chi connectivity index (χ2n) is 9.43. The summed E-state index contributed by atoms with van der Waals surface area (Å²) in [5.41, 5.74) is 7.61. The number of fused-ring (bicyclic) bond motifs is 3. The summed E-state index contributed by atoms with van der Waals surface area (Å²) in [6.07, 6.45) is 5.12. The van der Waals surface area contributed by atoms with Crippen LogP contribution in [0.4, 0.5) is 0 Å². The first-order chi connectivity index (χ1) is 20.7. The van der Waals surface area contributed by atoms with E-state index in [-0.39, 0.29) is 11.7 Å². The molecule has 0 aliphatic carbocycles. The lowest BCUT2D eigenvalue weighted by Crippen LogP contribution is -2.20. The molecular formula is C32H29N7O2S. The van der Waals surface area contributed by atoms with Crippen LogP contribution in [0.2, 0.25) is 0 Å². The second kappa shape index (κ2) is 12.3. The van der Waals surface area contributed by atoms with E-state index >= 15 is 0 Å². The number of hydrogen-bond donors (Lipinski definition) is 1. The molecule has 3 heterocycles. The van der Waals surface area contributed by atoms with Crippen molar-refractivity contribution in [3.05, 3.63) is 96.8 Å². The van der Waals surface area contributed by atoms with Crippen molar-refractivity contribution in [1.29, 1.82) is 0 Å². The predicted octanol–water partition coefficient (Wildman–Crippen LogP) is 6.10. The molecule has 0 fully saturated rings. The number of rotatable bonds is 10. The number of carbonyl (C=O) groups is 1. The highest BCUT2D eigenvalue weighted by atomic mass is 32.2. The van der Waals surface area contributed by atoms with E-state index < -0.39 is 0 Å². The highest BCUT2D eigenvalue weighted by Crippen LogP contribution is 2.30. The minimum Gasteiger partial charge on any atom is -0.494 e. The van der Waals surface area contributed by atoms with Crippen LogP contribution >= 0.6 is 11.8 Å². The molecule has 3 aromatic heterocycles. The number of carbonyl (C=O) groups excluding carboxylic acids is 1. The van der Waals surface area contributed by atoms with Crippen LogP contribution < -0.4 is 10.2 Å². The summed E-state index contributed by atoms with van der Waals surface area (Å²) in [5, 5.41) is 16.0. The van der Waals surface area contributed by atoms with Gasteiger partial charge in [-0.3, -0.25) is 14.3 Å². The molecular weight excluding hydrogens is 546 g/mol. The van der Waals surface area contributed by atoms with Crippen molar-refractivity contribution in [2.24, 2.45) is 5.10 Å². The van der Waals surface area contributed by atoms with E-state index in [1.165, 1.54) is 28.2 Å². The Balaban J connectivity index is 1.17. The maximum absolute atomic E-state index is 12.7. The van der Waals surface area contributed by atoms with E-state index in [0.717, 1.165) is 34.5 Å². The molecule has 42 heavy (non-hydrogen) atoms. The first kappa shape index (κ1) is 27.2. The maximum Gasteiger partial charge on any atom is 0.250 e. The Morgan fingerprint density at radius 3 is 2.60 bits per heavy atom. The molecule has 0 unspecified atom stereocenters. The minimum absolute atomic E-state index is 0.114. The summed E-state index contributed by atoms with van der Waals surface area (Å²) in [4.78, 5) is 17.0. The molecule has 6 rings (SSSR count). The van der Waals surface area contributed by atoms with Crippen molar-refractivity contribution in [1.82, 2.24) is 29.7 Å². The molecule has 0 atom stereocenters. The normalized spacial score (nSPS) is 11.5. The second-order valence-corrected chi connectivity index (χ2v) is 10.4. The molecule has 1 N–H and O–H groups in total. The molecule has 210 valence electrons. The zero-order valence-electron chi connectivity index (χ0n) is 23.3. The fourth-order valence-corrected chi connectivity index (χ4v) is 5.71. The van der Waals surface area contributed by atoms with Gasteiger partial charge in [-0.05, 0) is 74.0 Å². The van der Waals surface area contributed by atoms with Gasteiger partial charge in [0, 0.05) is 52.0 Å². The topological polar surface area (TPSA) is 99.2 Å². The van der Waals surface area contributed by atoms with Crippen molar-refractivity contribution < 1.29 is 9.53 Å². The molecule has 9 nitrogen and oxygen atoms in total. The smallest absolute Gasteiger partial charge is 0.250 e. The number of aromatic nitrogens is 5. The van der Waals surface area contributed by atoms with E-state index in [2.05, 4.69) is 73.6 Å². The molecule has 0 bridgehead atoms. The summed E-state index contributed by atoms with van der Waals surface area (Å²) in [6, 6.07) is 26.1. The van der Waals surface area contributed by atoms with Crippen LogP contribution in [0.25, 0.3) is 38.9 Å². The molecule has 10 heteroatoms. The van der Waals surface area contributed by atoms with E-state index in [9.17, 15) is 4.79 Å². The molecule has 0 saturated carbocycles. The Kier molecular flexibility index (Phi) is 7.96. The number of para-hydroxylation sites is 1. The van der Waals surface area contributed by atoms with Crippen molar-refractivity contribution in [3.8, 4) is 22.8 Å². The quantitative estimate of drug-likeness (QED) is 0.120. The third-order valence-electron chi connectivity index (χ3n) is 6.81. The van der Waals surface area contributed by atoms with Crippen LogP contribution in [-0.4, -0.2) is 48.8 Å². The molecule has 1 amide bonds. The number of hydrazone groups is 1. The van der Waals surface area contributed by atoms with Gasteiger partial charge in [0.05, 0.1) is 18.6 Å². The molecule has 0 aliphatic heterocycles. The van der Waals surface area contributed by atoms with Gasteiger partial charge in [-0.15, -0.1) is 10.2 Å². The Hall–Kier alpha value is -4.96. The third kappa shape index (κ3) is 5.48. The van der Waals surface area contributed by atoms with Crippen molar-refractivity contribution in [3.63, 3.8) is 0 Å². The van der Waals surface area contributed by atoms with Gasteiger partial charge in [0.2, 0.25) is 0 Å². The number of benzene rings is 3.